The first-order valence-electron chi connectivity index (χ1n) is 11.0. The van der Waals surface area contributed by atoms with Crippen LogP contribution in [-0.4, -0.2) is 27.1 Å². The number of aromatic nitrogens is 2. The standard InChI is InChI=1S/C28H29N3O/c1-21-14-15-25(18-22(21)2)26-19-27(30(3)29-26)28(32)31(20-24-12-8-5-9-13-24)17-16-23-10-6-4-7-11-23/h4-15,18-19H,16-17,20H2,1-3H3. The van der Waals surface area contributed by atoms with Crippen LogP contribution in [0.25, 0.3) is 11.3 Å². The summed E-state index contributed by atoms with van der Waals surface area (Å²) in [6, 6.07) is 28.6. The maximum atomic E-state index is 13.6. The van der Waals surface area contributed by atoms with Gasteiger partial charge in [-0.15, -0.1) is 0 Å². The topological polar surface area (TPSA) is 38.1 Å². The number of aryl methyl sites for hydroxylation is 3. The Labute approximate surface area is 190 Å². The van der Waals surface area contributed by atoms with E-state index in [1.165, 1.54) is 16.7 Å². The number of carbonyl (C=O) groups excluding carboxylic acids is 1. The molecule has 4 aromatic rings. The van der Waals surface area contributed by atoms with Crippen LogP contribution in [0.2, 0.25) is 0 Å². The van der Waals surface area contributed by atoms with Gasteiger partial charge in [-0.1, -0.05) is 72.8 Å². The molecule has 0 unspecified atom stereocenters. The molecular weight excluding hydrogens is 394 g/mol. The highest BCUT2D eigenvalue weighted by Gasteiger charge is 2.21. The second-order valence-corrected chi connectivity index (χ2v) is 8.29. The first-order valence-corrected chi connectivity index (χ1v) is 11.0. The van der Waals surface area contributed by atoms with Crippen LogP contribution in [0.15, 0.2) is 84.9 Å². The molecule has 3 aromatic carbocycles. The third-order valence-corrected chi connectivity index (χ3v) is 5.92. The molecule has 4 nitrogen and oxygen atoms in total. The zero-order valence-electron chi connectivity index (χ0n) is 19.0. The van der Waals surface area contributed by atoms with Crippen LogP contribution in [0.5, 0.6) is 0 Å². The van der Waals surface area contributed by atoms with Crippen molar-refractivity contribution in [3.8, 4) is 11.3 Å². The average molecular weight is 424 g/mol. The third-order valence-electron chi connectivity index (χ3n) is 5.92. The fraction of sp³-hybridized carbons (Fsp3) is 0.214. The molecule has 0 atom stereocenters. The van der Waals surface area contributed by atoms with Gasteiger partial charge in [0.15, 0.2) is 0 Å². The van der Waals surface area contributed by atoms with Crippen molar-refractivity contribution in [2.75, 3.05) is 6.54 Å². The molecule has 0 fully saturated rings. The molecule has 0 aliphatic heterocycles. The Balaban J connectivity index is 1.60. The fourth-order valence-corrected chi connectivity index (χ4v) is 3.84. The van der Waals surface area contributed by atoms with Crippen molar-refractivity contribution < 1.29 is 4.79 Å². The number of benzene rings is 3. The van der Waals surface area contributed by atoms with Gasteiger partial charge in [0.2, 0.25) is 0 Å². The summed E-state index contributed by atoms with van der Waals surface area (Å²) < 4.78 is 1.70. The summed E-state index contributed by atoms with van der Waals surface area (Å²) in [6.07, 6.45) is 0.807. The van der Waals surface area contributed by atoms with Crippen LogP contribution in [-0.2, 0) is 20.0 Å². The van der Waals surface area contributed by atoms with Crippen LogP contribution in [0.3, 0.4) is 0 Å². The van der Waals surface area contributed by atoms with Gasteiger partial charge in [0.25, 0.3) is 5.91 Å². The van der Waals surface area contributed by atoms with Gasteiger partial charge in [0, 0.05) is 25.7 Å². The third kappa shape index (κ3) is 4.97. The van der Waals surface area contributed by atoms with Gasteiger partial charge in [-0.3, -0.25) is 9.48 Å². The highest BCUT2D eigenvalue weighted by atomic mass is 16.2. The van der Waals surface area contributed by atoms with E-state index < -0.39 is 0 Å². The molecule has 162 valence electrons. The Bertz CT molecular complexity index is 1200. The number of amides is 1. The fourth-order valence-electron chi connectivity index (χ4n) is 3.84. The van der Waals surface area contributed by atoms with E-state index in [2.05, 4.69) is 61.4 Å². The Morgan fingerprint density at radius 2 is 1.50 bits per heavy atom. The molecule has 0 aliphatic rings. The lowest BCUT2D eigenvalue weighted by atomic mass is 10.0. The second-order valence-electron chi connectivity index (χ2n) is 8.29. The molecule has 4 rings (SSSR count). The zero-order chi connectivity index (χ0) is 22.5. The summed E-state index contributed by atoms with van der Waals surface area (Å²) in [5, 5.41) is 4.65. The van der Waals surface area contributed by atoms with Crippen molar-refractivity contribution in [2.24, 2.45) is 7.05 Å². The summed E-state index contributed by atoms with van der Waals surface area (Å²) in [5.74, 6) is -0.00475. The van der Waals surface area contributed by atoms with E-state index in [-0.39, 0.29) is 5.91 Å². The number of rotatable bonds is 7. The molecule has 4 heteroatoms. The van der Waals surface area contributed by atoms with E-state index in [0.29, 0.717) is 18.8 Å². The zero-order valence-corrected chi connectivity index (χ0v) is 19.0. The second kappa shape index (κ2) is 9.65. The van der Waals surface area contributed by atoms with Gasteiger partial charge in [-0.2, -0.15) is 5.10 Å². The molecule has 32 heavy (non-hydrogen) atoms. The van der Waals surface area contributed by atoms with Crippen LogP contribution in [0.1, 0.15) is 32.7 Å². The van der Waals surface area contributed by atoms with Crippen molar-refractivity contribution in [2.45, 2.75) is 26.8 Å². The molecule has 0 radical (unpaired) electrons. The summed E-state index contributed by atoms with van der Waals surface area (Å²) >= 11 is 0. The Kier molecular flexibility index (Phi) is 6.50. The van der Waals surface area contributed by atoms with Gasteiger partial charge >= 0.3 is 0 Å². The van der Waals surface area contributed by atoms with Crippen molar-refractivity contribution in [1.82, 2.24) is 14.7 Å². The number of carbonyl (C=O) groups is 1. The van der Waals surface area contributed by atoms with E-state index in [1.54, 1.807) is 4.68 Å². The predicted molar refractivity (Wildman–Crippen MR) is 129 cm³/mol. The largest absolute Gasteiger partial charge is 0.333 e. The molecule has 0 bridgehead atoms. The smallest absolute Gasteiger partial charge is 0.272 e. The number of nitrogens with zero attached hydrogens (tertiary/aromatic N) is 3. The Morgan fingerprint density at radius 1 is 0.844 bits per heavy atom. The summed E-state index contributed by atoms with van der Waals surface area (Å²) in [7, 11) is 1.84. The molecule has 0 N–H and O–H groups in total. The minimum absolute atomic E-state index is 0.00475. The summed E-state index contributed by atoms with van der Waals surface area (Å²) in [6.45, 7) is 5.40. The quantitative estimate of drug-likeness (QED) is 0.389. The Morgan fingerprint density at radius 3 is 2.16 bits per heavy atom. The molecule has 1 amide bonds. The van der Waals surface area contributed by atoms with Crippen molar-refractivity contribution in [3.05, 3.63) is 113 Å². The highest BCUT2D eigenvalue weighted by Crippen LogP contribution is 2.23. The maximum Gasteiger partial charge on any atom is 0.272 e. The average Bonchev–Trinajstić information content (AvgIpc) is 3.21. The molecule has 0 aliphatic carbocycles. The molecule has 0 spiro atoms. The molecule has 0 saturated carbocycles. The summed E-state index contributed by atoms with van der Waals surface area (Å²) in [5.41, 5.74) is 7.25. The Hall–Kier alpha value is -3.66. The molecular formula is C28H29N3O. The minimum atomic E-state index is -0.00475. The minimum Gasteiger partial charge on any atom is -0.333 e. The van der Waals surface area contributed by atoms with Crippen LogP contribution in [0, 0.1) is 13.8 Å². The van der Waals surface area contributed by atoms with Crippen molar-refractivity contribution in [3.63, 3.8) is 0 Å². The normalized spacial score (nSPS) is 10.8. The lowest BCUT2D eigenvalue weighted by Gasteiger charge is -2.23. The SMILES string of the molecule is Cc1ccc(-c2cc(C(=O)N(CCc3ccccc3)Cc3ccccc3)n(C)n2)cc1C. The summed E-state index contributed by atoms with van der Waals surface area (Å²) in [4.78, 5) is 15.5. The van der Waals surface area contributed by atoms with E-state index in [4.69, 9.17) is 0 Å². The van der Waals surface area contributed by atoms with E-state index in [9.17, 15) is 4.79 Å². The monoisotopic (exact) mass is 423 g/mol. The molecule has 1 aromatic heterocycles. The van der Waals surface area contributed by atoms with Gasteiger partial charge in [-0.05, 0) is 54.7 Å². The van der Waals surface area contributed by atoms with E-state index in [1.807, 2.05) is 54.4 Å². The van der Waals surface area contributed by atoms with Gasteiger partial charge in [-0.25, -0.2) is 0 Å². The highest BCUT2D eigenvalue weighted by molar-refractivity contribution is 5.93. The van der Waals surface area contributed by atoms with Gasteiger partial charge in [0.1, 0.15) is 5.69 Å². The molecule has 0 saturated heterocycles. The molecule has 1 heterocycles. The van der Waals surface area contributed by atoms with Crippen molar-refractivity contribution in [1.29, 1.82) is 0 Å². The van der Waals surface area contributed by atoms with Crippen molar-refractivity contribution >= 4 is 5.91 Å². The predicted octanol–water partition coefficient (Wildman–Crippen LogP) is 5.59. The first-order chi connectivity index (χ1) is 15.5. The van der Waals surface area contributed by atoms with E-state index in [0.717, 1.165) is 23.2 Å². The number of hydrogen-bond acceptors (Lipinski definition) is 2. The van der Waals surface area contributed by atoms with Crippen LogP contribution in [0.4, 0.5) is 0 Å². The first kappa shape index (κ1) is 21.6. The van der Waals surface area contributed by atoms with E-state index >= 15 is 0 Å². The lowest BCUT2D eigenvalue weighted by molar-refractivity contribution is 0.0734. The maximum absolute atomic E-state index is 13.6. The lowest BCUT2D eigenvalue weighted by Crippen LogP contribution is -2.33. The van der Waals surface area contributed by atoms with Crippen LogP contribution >= 0.6 is 0 Å². The number of hydrogen-bond donors (Lipinski definition) is 0. The van der Waals surface area contributed by atoms with Crippen LogP contribution < -0.4 is 0 Å². The van der Waals surface area contributed by atoms with Gasteiger partial charge in [0.05, 0.1) is 5.69 Å². The van der Waals surface area contributed by atoms with Gasteiger partial charge < -0.3 is 4.90 Å².